The van der Waals surface area contributed by atoms with Gasteiger partial charge in [0, 0.05) is 31.3 Å². The molecule has 0 spiro atoms. The molecule has 0 aromatic carbocycles. The van der Waals surface area contributed by atoms with Crippen LogP contribution in [-0.4, -0.2) is 34.1 Å². The van der Waals surface area contributed by atoms with Crippen LogP contribution in [-0.2, 0) is 0 Å². The van der Waals surface area contributed by atoms with Crippen molar-refractivity contribution in [3.05, 3.63) is 18.1 Å². The van der Waals surface area contributed by atoms with Crippen LogP contribution in [0.15, 0.2) is 17.5 Å². The Kier molecular flexibility index (Phi) is 6.21. The molecule has 0 bridgehead atoms. The zero-order chi connectivity index (χ0) is 15.1. The Morgan fingerprint density at radius 3 is 2.60 bits per heavy atom. The molecule has 0 aliphatic rings. The van der Waals surface area contributed by atoms with Crippen molar-refractivity contribution < 1.29 is 5.21 Å². The number of oxime groups is 1. The van der Waals surface area contributed by atoms with E-state index in [0.29, 0.717) is 24.8 Å². The van der Waals surface area contributed by atoms with E-state index in [0.717, 1.165) is 18.1 Å². The first kappa shape index (κ1) is 16.2. The zero-order valence-corrected chi connectivity index (χ0v) is 12.7. The second-order valence-corrected chi connectivity index (χ2v) is 5.64. The lowest BCUT2D eigenvalue weighted by molar-refractivity contribution is 0.317. The van der Waals surface area contributed by atoms with Gasteiger partial charge in [-0.15, -0.1) is 0 Å². The van der Waals surface area contributed by atoms with Crippen molar-refractivity contribution >= 4 is 11.7 Å². The SMILES string of the molecule is CC(C)CN(CCC(N)=NO)c1cc(C(C)C)ncn1. The molecule has 0 aliphatic heterocycles. The third-order valence-electron chi connectivity index (χ3n) is 2.94. The highest BCUT2D eigenvalue weighted by atomic mass is 16.4. The average molecular weight is 279 g/mol. The van der Waals surface area contributed by atoms with Crippen molar-refractivity contribution in [2.75, 3.05) is 18.0 Å². The molecule has 6 nitrogen and oxygen atoms in total. The molecular weight excluding hydrogens is 254 g/mol. The minimum atomic E-state index is 0.233. The molecule has 0 atom stereocenters. The Balaban J connectivity index is 2.89. The van der Waals surface area contributed by atoms with E-state index in [1.807, 2.05) is 6.07 Å². The summed E-state index contributed by atoms with van der Waals surface area (Å²) in [5.41, 5.74) is 6.57. The highest BCUT2D eigenvalue weighted by Crippen LogP contribution is 2.18. The summed E-state index contributed by atoms with van der Waals surface area (Å²) in [5, 5.41) is 11.6. The number of nitrogens with two attached hydrogens (primary N) is 1. The molecule has 0 amide bonds. The van der Waals surface area contributed by atoms with Crippen molar-refractivity contribution in [3.8, 4) is 0 Å². The van der Waals surface area contributed by atoms with Crippen LogP contribution in [0.2, 0.25) is 0 Å². The summed E-state index contributed by atoms with van der Waals surface area (Å²) in [7, 11) is 0. The first-order chi connectivity index (χ1) is 9.43. The smallest absolute Gasteiger partial charge is 0.140 e. The number of rotatable bonds is 7. The molecular formula is C14H25N5O. The summed E-state index contributed by atoms with van der Waals surface area (Å²) < 4.78 is 0. The van der Waals surface area contributed by atoms with E-state index < -0.39 is 0 Å². The number of aromatic nitrogens is 2. The Hall–Kier alpha value is -1.85. The predicted molar refractivity (Wildman–Crippen MR) is 81.2 cm³/mol. The lowest BCUT2D eigenvalue weighted by Crippen LogP contribution is -2.32. The second-order valence-electron chi connectivity index (χ2n) is 5.64. The second kappa shape index (κ2) is 7.67. The van der Waals surface area contributed by atoms with Crippen LogP contribution in [0.5, 0.6) is 0 Å². The summed E-state index contributed by atoms with van der Waals surface area (Å²) in [5.74, 6) is 1.99. The Morgan fingerprint density at radius 2 is 2.05 bits per heavy atom. The molecule has 0 saturated heterocycles. The van der Waals surface area contributed by atoms with Crippen molar-refractivity contribution in [2.45, 2.75) is 40.0 Å². The molecule has 0 aliphatic carbocycles. The van der Waals surface area contributed by atoms with Gasteiger partial charge in [0.05, 0.1) is 0 Å². The summed E-state index contributed by atoms with van der Waals surface area (Å²) in [6.45, 7) is 10.1. The van der Waals surface area contributed by atoms with Gasteiger partial charge in [0.25, 0.3) is 0 Å². The van der Waals surface area contributed by atoms with Crippen LogP contribution >= 0.6 is 0 Å². The quantitative estimate of drug-likeness (QED) is 0.346. The summed E-state index contributed by atoms with van der Waals surface area (Å²) in [6, 6.07) is 2.01. The molecule has 0 radical (unpaired) electrons. The lowest BCUT2D eigenvalue weighted by Gasteiger charge is -2.25. The molecule has 0 unspecified atom stereocenters. The van der Waals surface area contributed by atoms with Gasteiger partial charge in [-0.2, -0.15) is 0 Å². The molecule has 0 fully saturated rings. The van der Waals surface area contributed by atoms with Gasteiger partial charge in [-0.25, -0.2) is 9.97 Å². The number of amidine groups is 1. The van der Waals surface area contributed by atoms with Crippen LogP contribution in [0.25, 0.3) is 0 Å². The third-order valence-corrected chi connectivity index (χ3v) is 2.94. The van der Waals surface area contributed by atoms with Crippen LogP contribution in [0.1, 0.15) is 45.7 Å². The molecule has 1 rings (SSSR count). The molecule has 112 valence electrons. The van der Waals surface area contributed by atoms with Gasteiger partial charge in [0.1, 0.15) is 18.0 Å². The van der Waals surface area contributed by atoms with Crippen molar-refractivity contribution in [2.24, 2.45) is 16.8 Å². The summed E-state index contributed by atoms with van der Waals surface area (Å²) in [4.78, 5) is 10.8. The van der Waals surface area contributed by atoms with E-state index in [9.17, 15) is 0 Å². The predicted octanol–water partition coefficient (Wildman–Crippen LogP) is 2.20. The third kappa shape index (κ3) is 5.03. The Morgan fingerprint density at radius 1 is 1.35 bits per heavy atom. The van der Waals surface area contributed by atoms with Gasteiger partial charge in [-0.1, -0.05) is 32.9 Å². The first-order valence-electron chi connectivity index (χ1n) is 6.97. The van der Waals surface area contributed by atoms with E-state index in [2.05, 4.69) is 47.7 Å². The zero-order valence-electron chi connectivity index (χ0n) is 12.7. The standard InChI is InChI=1S/C14H25N5O/c1-10(2)8-19(6-5-13(15)18-20)14-7-12(11(3)4)16-9-17-14/h7,9-11,20H,5-6,8H2,1-4H3,(H2,15,18). The fourth-order valence-electron chi connectivity index (χ4n) is 1.89. The summed E-state index contributed by atoms with van der Waals surface area (Å²) in [6.07, 6.45) is 2.10. The van der Waals surface area contributed by atoms with Gasteiger partial charge < -0.3 is 15.8 Å². The Labute approximate surface area is 120 Å². The molecule has 1 aromatic heterocycles. The van der Waals surface area contributed by atoms with Gasteiger partial charge in [-0.3, -0.25) is 0 Å². The van der Waals surface area contributed by atoms with Gasteiger partial charge in [0.2, 0.25) is 0 Å². The largest absolute Gasteiger partial charge is 0.409 e. The monoisotopic (exact) mass is 279 g/mol. The van der Waals surface area contributed by atoms with Gasteiger partial charge >= 0.3 is 0 Å². The van der Waals surface area contributed by atoms with E-state index in [4.69, 9.17) is 10.9 Å². The minimum Gasteiger partial charge on any atom is -0.409 e. The maximum Gasteiger partial charge on any atom is 0.140 e. The number of hydrogen-bond acceptors (Lipinski definition) is 5. The van der Waals surface area contributed by atoms with E-state index in [1.165, 1.54) is 0 Å². The minimum absolute atomic E-state index is 0.233. The number of anilines is 1. The number of nitrogens with zero attached hydrogens (tertiary/aromatic N) is 4. The van der Waals surface area contributed by atoms with Crippen molar-refractivity contribution in [1.82, 2.24) is 9.97 Å². The maximum absolute atomic E-state index is 8.64. The van der Waals surface area contributed by atoms with E-state index >= 15 is 0 Å². The molecule has 0 saturated carbocycles. The van der Waals surface area contributed by atoms with Crippen molar-refractivity contribution in [3.63, 3.8) is 0 Å². The molecule has 6 heteroatoms. The van der Waals surface area contributed by atoms with Crippen molar-refractivity contribution in [1.29, 1.82) is 0 Å². The van der Waals surface area contributed by atoms with Crippen LogP contribution in [0.3, 0.4) is 0 Å². The first-order valence-corrected chi connectivity index (χ1v) is 6.97. The molecule has 1 heterocycles. The van der Waals surface area contributed by atoms with E-state index in [1.54, 1.807) is 6.33 Å². The van der Waals surface area contributed by atoms with Crippen LogP contribution < -0.4 is 10.6 Å². The fourth-order valence-corrected chi connectivity index (χ4v) is 1.89. The van der Waals surface area contributed by atoms with E-state index in [-0.39, 0.29) is 5.84 Å². The molecule has 3 N–H and O–H groups in total. The van der Waals surface area contributed by atoms with Crippen LogP contribution in [0.4, 0.5) is 5.82 Å². The normalized spacial score (nSPS) is 12.2. The highest BCUT2D eigenvalue weighted by Gasteiger charge is 2.12. The highest BCUT2D eigenvalue weighted by molar-refractivity contribution is 5.80. The molecule has 20 heavy (non-hydrogen) atoms. The fraction of sp³-hybridized carbons (Fsp3) is 0.643. The molecule has 1 aromatic rings. The van der Waals surface area contributed by atoms with Gasteiger partial charge in [-0.05, 0) is 11.8 Å². The van der Waals surface area contributed by atoms with Gasteiger partial charge in [0.15, 0.2) is 0 Å². The Bertz CT molecular complexity index is 445. The number of hydrogen-bond donors (Lipinski definition) is 2. The van der Waals surface area contributed by atoms with Crippen LogP contribution in [0, 0.1) is 5.92 Å². The maximum atomic E-state index is 8.64. The lowest BCUT2D eigenvalue weighted by atomic mass is 10.1. The summed E-state index contributed by atoms with van der Waals surface area (Å²) >= 11 is 0. The topological polar surface area (TPSA) is 87.6 Å². The average Bonchev–Trinajstić information content (AvgIpc) is 2.42.